The van der Waals surface area contributed by atoms with Crippen molar-refractivity contribution in [1.82, 2.24) is 4.57 Å². The number of anilines is 1. The summed E-state index contributed by atoms with van der Waals surface area (Å²) >= 11 is 6.74. The number of aromatic nitrogens is 1. The molecule has 1 aliphatic heterocycles. The van der Waals surface area contributed by atoms with Crippen LogP contribution < -0.4 is 5.32 Å². The fourth-order valence-corrected chi connectivity index (χ4v) is 5.24. The molecule has 0 spiro atoms. The maximum atomic E-state index is 13.0. The summed E-state index contributed by atoms with van der Waals surface area (Å²) in [5.41, 5.74) is -0.282. The van der Waals surface area contributed by atoms with Gasteiger partial charge in [-0.25, -0.2) is 0 Å². The molecule has 2 aromatic rings. The van der Waals surface area contributed by atoms with Crippen molar-refractivity contribution in [1.29, 1.82) is 0 Å². The van der Waals surface area contributed by atoms with Gasteiger partial charge in [0.15, 0.2) is 3.95 Å². The Hall–Kier alpha value is -1.67. The first-order valence-corrected chi connectivity index (χ1v) is 9.32. The van der Waals surface area contributed by atoms with Crippen molar-refractivity contribution in [3.05, 3.63) is 33.8 Å². The van der Waals surface area contributed by atoms with Crippen LogP contribution in [-0.2, 0) is 11.0 Å². The number of fused-ring (bicyclic) bond motifs is 3. The van der Waals surface area contributed by atoms with Crippen molar-refractivity contribution < 1.29 is 18.0 Å². The molecule has 2 unspecified atom stereocenters. The second-order valence-corrected chi connectivity index (χ2v) is 8.09. The predicted molar refractivity (Wildman–Crippen MR) is 93.2 cm³/mol. The number of nitrogens with one attached hydrogen (secondary N) is 1. The van der Waals surface area contributed by atoms with E-state index in [0.717, 1.165) is 37.8 Å². The summed E-state index contributed by atoms with van der Waals surface area (Å²) in [5.74, 6) is 0.394. The second-order valence-electron chi connectivity index (χ2n) is 6.44. The average Bonchev–Trinajstić information content (AvgIpc) is 2.91. The molecule has 0 radical (unpaired) electrons. The minimum atomic E-state index is -4.41. The number of benzene rings is 1. The lowest BCUT2D eigenvalue weighted by atomic mass is 9.82. The standard InChI is InChI=1S/C17H15F3N2OS2/c18-17(19,20)10-5-3-4-9(8-10)13-14-21-15(23)11-6-1-2-7-12(11)22(14)16(24)25-13/h3-5,8,11-12H,1-2,6-7H2,(H,21,23). The Labute approximate surface area is 151 Å². The van der Waals surface area contributed by atoms with E-state index in [-0.39, 0.29) is 17.9 Å². The van der Waals surface area contributed by atoms with Gasteiger partial charge in [-0.15, -0.1) is 11.3 Å². The van der Waals surface area contributed by atoms with Gasteiger partial charge in [0.05, 0.1) is 16.4 Å². The number of nitrogens with zero attached hydrogens (tertiary/aromatic N) is 1. The zero-order chi connectivity index (χ0) is 17.8. The second kappa shape index (κ2) is 5.95. The van der Waals surface area contributed by atoms with Gasteiger partial charge in [-0.3, -0.25) is 4.79 Å². The van der Waals surface area contributed by atoms with Gasteiger partial charge in [-0.05, 0) is 42.8 Å². The number of rotatable bonds is 1. The van der Waals surface area contributed by atoms with Crippen LogP contribution >= 0.6 is 23.6 Å². The van der Waals surface area contributed by atoms with Crippen LogP contribution in [0.1, 0.15) is 37.3 Å². The molecule has 1 aromatic heterocycles. The fourth-order valence-electron chi connectivity index (χ4n) is 3.77. The first-order chi connectivity index (χ1) is 11.9. The Morgan fingerprint density at radius 2 is 2.00 bits per heavy atom. The van der Waals surface area contributed by atoms with Crippen molar-refractivity contribution in [2.75, 3.05) is 5.32 Å². The third kappa shape index (κ3) is 2.81. The number of carbonyl (C=O) groups is 1. The van der Waals surface area contributed by atoms with Crippen molar-refractivity contribution >= 4 is 35.3 Å². The molecule has 132 valence electrons. The number of thiazole rings is 1. The molecule has 0 bridgehead atoms. The molecule has 4 rings (SSSR count). The van der Waals surface area contributed by atoms with E-state index in [9.17, 15) is 18.0 Å². The number of carbonyl (C=O) groups excluding carboxylic acids is 1. The summed E-state index contributed by atoms with van der Waals surface area (Å²) in [6.45, 7) is 0. The van der Waals surface area contributed by atoms with Crippen LogP contribution in [0.5, 0.6) is 0 Å². The molecule has 1 fully saturated rings. The quantitative estimate of drug-likeness (QED) is 0.645. The summed E-state index contributed by atoms with van der Waals surface area (Å²) in [4.78, 5) is 13.1. The maximum Gasteiger partial charge on any atom is 0.416 e. The number of amides is 1. The topological polar surface area (TPSA) is 34.0 Å². The monoisotopic (exact) mass is 384 g/mol. The highest BCUT2D eigenvalue weighted by Gasteiger charge is 2.39. The highest BCUT2D eigenvalue weighted by Crippen LogP contribution is 2.46. The van der Waals surface area contributed by atoms with Gasteiger partial charge >= 0.3 is 6.18 Å². The number of hydrogen-bond acceptors (Lipinski definition) is 3. The maximum absolute atomic E-state index is 13.0. The van der Waals surface area contributed by atoms with E-state index in [2.05, 4.69) is 5.32 Å². The van der Waals surface area contributed by atoms with Gasteiger partial charge < -0.3 is 9.88 Å². The van der Waals surface area contributed by atoms with Gasteiger partial charge in [-0.1, -0.05) is 25.0 Å². The number of halogens is 3. The molecule has 1 aliphatic carbocycles. The molecule has 1 N–H and O–H groups in total. The van der Waals surface area contributed by atoms with E-state index in [1.165, 1.54) is 17.4 Å². The first kappa shape index (κ1) is 16.8. The van der Waals surface area contributed by atoms with Crippen LogP contribution in [0.4, 0.5) is 19.0 Å². The van der Waals surface area contributed by atoms with Crippen LogP contribution in [0.25, 0.3) is 10.4 Å². The van der Waals surface area contributed by atoms with Crippen molar-refractivity contribution in [3.8, 4) is 10.4 Å². The predicted octanol–water partition coefficient (Wildman–Crippen LogP) is 5.65. The highest BCUT2D eigenvalue weighted by molar-refractivity contribution is 7.73. The smallest absolute Gasteiger partial charge is 0.311 e. The molecule has 1 amide bonds. The van der Waals surface area contributed by atoms with E-state index in [1.54, 1.807) is 6.07 Å². The van der Waals surface area contributed by atoms with E-state index >= 15 is 0 Å². The Morgan fingerprint density at radius 1 is 1.24 bits per heavy atom. The van der Waals surface area contributed by atoms with Gasteiger partial charge in [0.25, 0.3) is 0 Å². The Balaban J connectivity index is 1.84. The van der Waals surface area contributed by atoms with Crippen molar-refractivity contribution in [2.45, 2.75) is 37.9 Å². The minimum Gasteiger partial charge on any atom is -0.311 e. The van der Waals surface area contributed by atoms with Crippen LogP contribution in [-0.4, -0.2) is 10.5 Å². The lowest BCUT2D eigenvalue weighted by Crippen LogP contribution is -2.39. The van der Waals surface area contributed by atoms with Gasteiger partial charge in [-0.2, -0.15) is 13.2 Å². The summed E-state index contributed by atoms with van der Waals surface area (Å²) in [6, 6.07) is 5.17. The average molecular weight is 384 g/mol. The Kier molecular flexibility index (Phi) is 3.99. The number of alkyl halides is 3. The molecule has 2 atom stereocenters. The lowest BCUT2D eigenvalue weighted by molar-refractivity contribution is -0.137. The molecule has 1 saturated carbocycles. The van der Waals surface area contributed by atoms with Gasteiger partial charge in [0, 0.05) is 6.04 Å². The van der Waals surface area contributed by atoms with Crippen LogP contribution in [0.3, 0.4) is 0 Å². The highest BCUT2D eigenvalue weighted by atomic mass is 32.1. The summed E-state index contributed by atoms with van der Waals surface area (Å²) in [7, 11) is 0. The molecule has 2 heterocycles. The summed E-state index contributed by atoms with van der Waals surface area (Å²) < 4.78 is 41.6. The molecule has 2 aliphatic rings. The molecule has 0 saturated heterocycles. The fraction of sp³-hybridized carbons (Fsp3) is 0.412. The zero-order valence-electron chi connectivity index (χ0n) is 13.1. The van der Waals surface area contributed by atoms with Gasteiger partial charge in [0.1, 0.15) is 5.82 Å². The zero-order valence-corrected chi connectivity index (χ0v) is 14.7. The third-order valence-corrected chi connectivity index (χ3v) is 6.38. The van der Waals surface area contributed by atoms with Crippen LogP contribution in [0.2, 0.25) is 0 Å². The molecule has 1 aromatic carbocycles. The molecular formula is C17H15F3N2OS2. The third-order valence-electron chi connectivity index (χ3n) is 4.93. The van der Waals surface area contributed by atoms with E-state index in [0.29, 0.717) is 20.2 Å². The molecule has 3 nitrogen and oxygen atoms in total. The van der Waals surface area contributed by atoms with E-state index < -0.39 is 11.7 Å². The van der Waals surface area contributed by atoms with Crippen molar-refractivity contribution in [3.63, 3.8) is 0 Å². The summed E-state index contributed by atoms with van der Waals surface area (Å²) in [6.07, 6.45) is -0.661. The normalized spacial score (nSPS) is 22.9. The molecule has 8 heteroatoms. The first-order valence-electron chi connectivity index (χ1n) is 8.10. The minimum absolute atomic E-state index is 0.0146. The van der Waals surface area contributed by atoms with Crippen molar-refractivity contribution in [2.24, 2.45) is 5.92 Å². The van der Waals surface area contributed by atoms with Crippen LogP contribution in [0.15, 0.2) is 24.3 Å². The van der Waals surface area contributed by atoms with Gasteiger partial charge in [0.2, 0.25) is 5.91 Å². The Bertz CT molecular complexity index is 900. The lowest BCUT2D eigenvalue weighted by Gasteiger charge is -2.36. The SMILES string of the molecule is O=C1Nc2c(-c3cccc(C(F)(F)F)c3)sc(=S)n2C2CCCCC12. The Morgan fingerprint density at radius 3 is 2.76 bits per heavy atom. The number of hydrogen-bond donors (Lipinski definition) is 1. The molecule has 25 heavy (non-hydrogen) atoms. The van der Waals surface area contributed by atoms with E-state index in [1.807, 2.05) is 4.57 Å². The largest absolute Gasteiger partial charge is 0.416 e. The summed E-state index contributed by atoms with van der Waals surface area (Å²) in [5, 5.41) is 2.89. The van der Waals surface area contributed by atoms with Crippen LogP contribution in [0, 0.1) is 9.87 Å². The van der Waals surface area contributed by atoms with E-state index in [4.69, 9.17) is 12.2 Å². The molecular weight excluding hydrogens is 369 g/mol.